The van der Waals surface area contributed by atoms with Crippen molar-refractivity contribution in [1.29, 1.82) is 0 Å². The zero-order valence-corrected chi connectivity index (χ0v) is 21.6. The SMILES string of the molecule is Cc1cccc(-c2sc(C)nc2C(=O)N2[C@H](CNC(=O)c3cccc4sc(Cl)nc34)C[C@@H]3C[C@@H]32)c1. The number of nitrogens with zero attached hydrogens (tertiary/aromatic N) is 3. The van der Waals surface area contributed by atoms with Crippen LogP contribution in [0.25, 0.3) is 20.7 Å². The van der Waals surface area contributed by atoms with Gasteiger partial charge in [-0.25, -0.2) is 9.97 Å². The topological polar surface area (TPSA) is 75.2 Å². The van der Waals surface area contributed by atoms with Gasteiger partial charge in [0.15, 0.2) is 4.47 Å². The van der Waals surface area contributed by atoms with Crippen molar-refractivity contribution in [3.8, 4) is 10.4 Å². The van der Waals surface area contributed by atoms with Crippen molar-refractivity contribution < 1.29 is 9.59 Å². The number of halogens is 1. The smallest absolute Gasteiger partial charge is 0.274 e. The first-order valence-corrected chi connectivity index (χ1v) is 13.6. The number of carbonyl (C=O) groups is 2. The van der Waals surface area contributed by atoms with Gasteiger partial charge in [-0.3, -0.25) is 9.59 Å². The molecule has 1 saturated carbocycles. The number of thiazole rings is 2. The molecule has 178 valence electrons. The van der Waals surface area contributed by atoms with Gasteiger partial charge in [-0.1, -0.05) is 47.5 Å². The zero-order valence-electron chi connectivity index (χ0n) is 19.2. The van der Waals surface area contributed by atoms with Crippen molar-refractivity contribution in [1.82, 2.24) is 20.2 Å². The summed E-state index contributed by atoms with van der Waals surface area (Å²) in [5.41, 5.74) is 3.80. The fraction of sp³-hybridized carbons (Fsp3) is 0.308. The number of aryl methyl sites for hydroxylation is 2. The Hall–Kier alpha value is -2.81. The number of piperidine rings is 1. The number of aromatic nitrogens is 2. The first-order chi connectivity index (χ1) is 16.9. The highest BCUT2D eigenvalue weighted by molar-refractivity contribution is 7.22. The van der Waals surface area contributed by atoms with E-state index >= 15 is 0 Å². The molecule has 6 nitrogen and oxygen atoms in total. The molecule has 2 fully saturated rings. The minimum absolute atomic E-state index is 0.0384. The largest absolute Gasteiger partial charge is 0.350 e. The Kier molecular flexibility index (Phi) is 5.62. The second-order valence-corrected chi connectivity index (χ2v) is 12.1. The summed E-state index contributed by atoms with van der Waals surface area (Å²) in [7, 11) is 0. The molecule has 0 unspecified atom stereocenters. The van der Waals surface area contributed by atoms with E-state index in [1.807, 2.05) is 49.1 Å². The third-order valence-corrected chi connectivity index (χ3v) is 8.94. The van der Waals surface area contributed by atoms with Crippen molar-refractivity contribution in [2.45, 2.75) is 38.8 Å². The van der Waals surface area contributed by atoms with Gasteiger partial charge in [0.2, 0.25) is 0 Å². The molecule has 1 aliphatic heterocycles. The number of carbonyl (C=O) groups excluding carboxylic acids is 2. The number of hydrogen-bond acceptors (Lipinski definition) is 6. The fourth-order valence-electron chi connectivity index (χ4n) is 5.14. The molecule has 0 radical (unpaired) electrons. The summed E-state index contributed by atoms with van der Waals surface area (Å²) >= 11 is 8.97. The lowest BCUT2D eigenvalue weighted by Gasteiger charge is -2.27. The summed E-state index contributed by atoms with van der Waals surface area (Å²) in [6.45, 7) is 4.38. The van der Waals surface area contributed by atoms with E-state index in [4.69, 9.17) is 11.6 Å². The van der Waals surface area contributed by atoms with Crippen molar-refractivity contribution in [3.63, 3.8) is 0 Å². The molecule has 2 amide bonds. The highest BCUT2D eigenvalue weighted by atomic mass is 35.5. The van der Waals surface area contributed by atoms with E-state index < -0.39 is 0 Å². The molecule has 0 spiro atoms. The first-order valence-electron chi connectivity index (χ1n) is 11.6. The Bertz CT molecular complexity index is 1480. The number of amides is 2. The van der Waals surface area contributed by atoms with Gasteiger partial charge in [-0.2, -0.15) is 0 Å². The maximum absolute atomic E-state index is 13.8. The molecule has 1 N–H and O–H groups in total. The molecule has 2 aromatic carbocycles. The third kappa shape index (κ3) is 4.13. The van der Waals surface area contributed by atoms with E-state index in [1.165, 1.54) is 11.3 Å². The monoisotopic (exact) mass is 522 g/mol. The van der Waals surface area contributed by atoms with Gasteiger partial charge < -0.3 is 10.2 Å². The van der Waals surface area contributed by atoms with Crippen molar-refractivity contribution in [2.75, 3.05) is 6.54 Å². The average Bonchev–Trinajstić information content (AvgIpc) is 3.15. The van der Waals surface area contributed by atoms with Crippen molar-refractivity contribution >= 4 is 56.3 Å². The molecular formula is C26H23ClN4O2S2. The van der Waals surface area contributed by atoms with Crippen LogP contribution in [0.3, 0.4) is 0 Å². The van der Waals surface area contributed by atoms with Crippen LogP contribution in [-0.2, 0) is 0 Å². The van der Waals surface area contributed by atoms with E-state index in [9.17, 15) is 9.59 Å². The van der Waals surface area contributed by atoms with E-state index in [0.29, 0.717) is 33.7 Å². The summed E-state index contributed by atoms with van der Waals surface area (Å²) < 4.78 is 1.29. The van der Waals surface area contributed by atoms with E-state index in [1.54, 1.807) is 17.4 Å². The number of hydrogen-bond donors (Lipinski definition) is 1. The van der Waals surface area contributed by atoms with E-state index in [0.717, 1.165) is 38.6 Å². The van der Waals surface area contributed by atoms with Gasteiger partial charge in [0.1, 0.15) is 5.69 Å². The minimum Gasteiger partial charge on any atom is -0.350 e. The summed E-state index contributed by atoms with van der Waals surface area (Å²) in [6.07, 6.45) is 1.92. The second kappa shape index (κ2) is 8.69. The number of benzene rings is 2. The average molecular weight is 523 g/mol. The molecule has 2 aliphatic rings. The fourth-order valence-corrected chi connectivity index (χ4v) is 7.10. The maximum Gasteiger partial charge on any atom is 0.274 e. The first kappa shape index (κ1) is 22.6. The van der Waals surface area contributed by atoms with Gasteiger partial charge in [0.05, 0.1) is 31.7 Å². The molecule has 3 atom stereocenters. The number of fused-ring (bicyclic) bond motifs is 2. The number of para-hydroxylation sites is 1. The van der Waals surface area contributed by atoms with Crippen LogP contribution in [0, 0.1) is 19.8 Å². The van der Waals surface area contributed by atoms with Crippen LogP contribution in [0.1, 0.15) is 44.3 Å². The Morgan fingerprint density at radius 2 is 1.94 bits per heavy atom. The lowest BCUT2D eigenvalue weighted by atomic mass is 10.1. The molecule has 4 aromatic rings. The van der Waals surface area contributed by atoms with Gasteiger partial charge in [-0.05, 0) is 50.3 Å². The van der Waals surface area contributed by atoms with Crippen LogP contribution in [0.4, 0.5) is 0 Å². The van der Waals surface area contributed by atoms with Gasteiger partial charge in [0, 0.05) is 12.6 Å². The summed E-state index contributed by atoms with van der Waals surface area (Å²) in [5.74, 6) is 0.266. The van der Waals surface area contributed by atoms with Crippen LogP contribution in [-0.4, -0.2) is 45.3 Å². The highest BCUT2D eigenvalue weighted by Crippen LogP contribution is 2.49. The zero-order chi connectivity index (χ0) is 24.3. The predicted octanol–water partition coefficient (Wildman–Crippen LogP) is 5.72. The molecule has 1 aliphatic carbocycles. The number of likely N-dealkylation sites (tertiary alicyclic amines) is 1. The Labute approximate surface area is 216 Å². The van der Waals surface area contributed by atoms with E-state index in [-0.39, 0.29) is 23.9 Å². The molecule has 6 rings (SSSR count). The van der Waals surface area contributed by atoms with Crippen molar-refractivity contribution in [3.05, 3.63) is 68.8 Å². The lowest BCUT2D eigenvalue weighted by Crippen LogP contribution is -2.45. The van der Waals surface area contributed by atoms with Crippen LogP contribution in [0.5, 0.6) is 0 Å². The summed E-state index contributed by atoms with van der Waals surface area (Å²) in [5, 5.41) is 3.92. The summed E-state index contributed by atoms with van der Waals surface area (Å²) in [4.78, 5) is 38.7. The second-order valence-electron chi connectivity index (χ2n) is 9.27. The lowest BCUT2D eigenvalue weighted by molar-refractivity contribution is 0.0684. The van der Waals surface area contributed by atoms with Gasteiger partial charge in [0.25, 0.3) is 11.8 Å². The molecule has 1 saturated heterocycles. The normalized spacial score (nSPS) is 20.8. The third-order valence-electron chi connectivity index (χ3n) is 6.80. The molecule has 3 heterocycles. The Morgan fingerprint density at radius 3 is 2.77 bits per heavy atom. The van der Waals surface area contributed by atoms with Gasteiger partial charge >= 0.3 is 0 Å². The molecule has 9 heteroatoms. The molecular weight excluding hydrogens is 500 g/mol. The highest BCUT2D eigenvalue weighted by Gasteiger charge is 2.54. The van der Waals surface area contributed by atoms with Crippen molar-refractivity contribution in [2.24, 2.45) is 5.92 Å². The number of rotatable bonds is 5. The number of nitrogens with one attached hydrogen (secondary N) is 1. The van der Waals surface area contributed by atoms with Crippen LogP contribution in [0.2, 0.25) is 4.47 Å². The molecule has 0 bridgehead atoms. The van der Waals surface area contributed by atoms with E-state index in [2.05, 4.69) is 21.4 Å². The van der Waals surface area contributed by atoms with Gasteiger partial charge in [-0.15, -0.1) is 22.7 Å². The Balaban J connectivity index is 1.23. The standard InChI is InChI=1S/C26H23ClN4O2S2/c1-13-5-3-6-15(9-13)23-22(29-14(2)34-23)25(33)31-17(10-16-11-19(16)31)12-28-24(32)18-7-4-8-20-21(18)30-26(27)35-20/h3-9,16-17,19H,10-12H2,1-2H3,(H,28,32)/t16-,17+,19+/m1/s1. The maximum atomic E-state index is 13.8. The molecule has 35 heavy (non-hydrogen) atoms. The Morgan fingerprint density at radius 1 is 1.11 bits per heavy atom. The summed E-state index contributed by atoms with van der Waals surface area (Å²) in [6, 6.07) is 13.9. The quantitative estimate of drug-likeness (QED) is 0.363. The predicted molar refractivity (Wildman–Crippen MR) is 140 cm³/mol. The molecule has 2 aromatic heterocycles. The minimum atomic E-state index is -0.199. The van der Waals surface area contributed by atoms with Crippen LogP contribution < -0.4 is 5.32 Å². The van der Waals surface area contributed by atoms with Crippen LogP contribution in [0.15, 0.2) is 42.5 Å². The van der Waals surface area contributed by atoms with Crippen LogP contribution >= 0.6 is 34.3 Å².